The minimum Gasteiger partial charge on any atom is -0.208 e. The third kappa shape index (κ3) is 4.60. The monoisotopic (exact) mass is 643 g/mol. The van der Waals surface area contributed by atoms with Gasteiger partial charge in [0.05, 0.1) is 0 Å². The largest absolute Gasteiger partial charge is 0.208 e. The Morgan fingerprint density at radius 1 is 0.469 bits per heavy atom. The topological polar surface area (TPSA) is 38.7 Å². The Morgan fingerprint density at radius 2 is 1.00 bits per heavy atom. The van der Waals surface area contributed by atoms with E-state index in [0.717, 1.165) is 23.1 Å². The summed E-state index contributed by atoms with van der Waals surface area (Å²) in [4.78, 5) is 14.9. The zero-order chi connectivity index (χ0) is 32.3. The Balaban J connectivity index is 1.16. The molecule has 1 atom stereocenters. The first-order chi connectivity index (χ1) is 24.3. The average molecular weight is 644 g/mol. The summed E-state index contributed by atoms with van der Waals surface area (Å²) in [5.41, 5.74) is 9.79. The molecule has 2 aromatic heterocycles. The summed E-state index contributed by atoms with van der Waals surface area (Å²) < 4.78 is 2.73. The van der Waals surface area contributed by atoms with Crippen molar-refractivity contribution < 1.29 is 0 Å². The van der Waals surface area contributed by atoms with Crippen molar-refractivity contribution >= 4 is 42.3 Å². The summed E-state index contributed by atoms with van der Waals surface area (Å²) in [5, 5.41) is 5.38. The van der Waals surface area contributed by atoms with Crippen LogP contribution >= 0.6 is 11.3 Å². The average Bonchev–Trinajstić information content (AvgIpc) is 3.58. The fraction of sp³-hybridized carbons (Fsp3) is 0.0444. The first-order valence-electron chi connectivity index (χ1n) is 16.7. The molecule has 7 aromatic carbocycles. The highest BCUT2D eigenvalue weighted by Crippen LogP contribution is 2.53. The van der Waals surface area contributed by atoms with Crippen LogP contribution in [0, 0.1) is 0 Å². The van der Waals surface area contributed by atoms with Crippen molar-refractivity contribution in [3.8, 4) is 45.3 Å². The molecule has 1 unspecified atom stereocenters. The molecular formula is C45H29N3S. The van der Waals surface area contributed by atoms with E-state index in [4.69, 9.17) is 15.0 Å². The Hall–Kier alpha value is -5.97. The summed E-state index contributed by atoms with van der Waals surface area (Å²) in [6.07, 6.45) is 0.951. The van der Waals surface area contributed by atoms with Crippen molar-refractivity contribution in [3.05, 3.63) is 174 Å². The summed E-state index contributed by atoms with van der Waals surface area (Å²) in [6.45, 7) is 0. The highest BCUT2D eigenvalue weighted by atomic mass is 32.1. The van der Waals surface area contributed by atoms with Gasteiger partial charge in [0.15, 0.2) is 17.5 Å². The molecule has 230 valence electrons. The van der Waals surface area contributed by atoms with Gasteiger partial charge in [-0.25, -0.2) is 15.0 Å². The Bertz CT molecular complexity index is 2620. The van der Waals surface area contributed by atoms with E-state index in [1.165, 1.54) is 58.8 Å². The molecule has 0 N–H and O–H groups in total. The maximum Gasteiger partial charge on any atom is 0.164 e. The molecule has 1 aliphatic rings. The number of hydrogen-bond acceptors (Lipinski definition) is 4. The molecule has 0 aliphatic heterocycles. The highest BCUT2D eigenvalue weighted by Gasteiger charge is 2.31. The van der Waals surface area contributed by atoms with Crippen molar-refractivity contribution in [2.75, 3.05) is 0 Å². The lowest BCUT2D eigenvalue weighted by molar-refractivity contribution is 0.803. The first kappa shape index (κ1) is 28.1. The summed E-state index contributed by atoms with van der Waals surface area (Å²) in [5.74, 6) is 2.22. The van der Waals surface area contributed by atoms with Crippen LogP contribution in [-0.4, -0.2) is 15.0 Å². The lowest BCUT2D eigenvalue weighted by Gasteiger charge is -2.30. The Kier molecular flexibility index (Phi) is 6.49. The standard InChI is InChI=1S/C45H29N3S/c1-3-13-29(14-4-1)43-46-44(30-15-5-2-6-16-30)48-45(47-43)31-25-23-28(24-26-31)37-27-32-17-7-8-18-33(32)39-34-19-9-10-20-35(34)40-36-21-11-12-22-38(36)49-42(40)41(37)39/h1-26,37H,27H2. The van der Waals surface area contributed by atoms with Crippen LogP contribution in [-0.2, 0) is 6.42 Å². The van der Waals surface area contributed by atoms with Gasteiger partial charge in [0.1, 0.15) is 0 Å². The van der Waals surface area contributed by atoms with Crippen LogP contribution in [0.25, 0.3) is 76.2 Å². The van der Waals surface area contributed by atoms with Crippen LogP contribution in [0.1, 0.15) is 22.6 Å². The van der Waals surface area contributed by atoms with Gasteiger partial charge in [-0.2, -0.15) is 0 Å². The van der Waals surface area contributed by atoms with Crippen molar-refractivity contribution in [1.82, 2.24) is 15.0 Å². The number of aromatic nitrogens is 3. The SMILES string of the molecule is c1ccc(-c2nc(-c3ccccc3)nc(-c3ccc(C4Cc5ccccc5-c5c4c4sc6ccccc6c4c4ccccc54)cc3)n2)cc1. The molecule has 10 rings (SSSR count). The molecule has 0 amide bonds. The van der Waals surface area contributed by atoms with Gasteiger partial charge in [0.2, 0.25) is 0 Å². The fourth-order valence-corrected chi connectivity index (χ4v) is 8.98. The van der Waals surface area contributed by atoms with Gasteiger partial charge >= 0.3 is 0 Å². The number of benzene rings is 7. The fourth-order valence-electron chi connectivity index (χ4n) is 7.65. The number of fused-ring (bicyclic) bond motifs is 10. The van der Waals surface area contributed by atoms with Gasteiger partial charge in [-0.3, -0.25) is 0 Å². The normalized spacial score (nSPS) is 13.8. The molecule has 0 saturated heterocycles. The summed E-state index contributed by atoms with van der Waals surface area (Å²) >= 11 is 1.94. The smallest absolute Gasteiger partial charge is 0.164 e. The molecule has 3 nitrogen and oxygen atoms in total. The van der Waals surface area contributed by atoms with Crippen LogP contribution in [0.2, 0.25) is 0 Å². The molecule has 2 heterocycles. The van der Waals surface area contributed by atoms with E-state index < -0.39 is 0 Å². The molecule has 4 heteroatoms. The molecule has 49 heavy (non-hydrogen) atoms. The Morgan fingerprint density at radius 3 is 1.67 bits per heavy atom. The molecule has 0 bridgehead atoms. The van der Waals surface area contributed by atoms with Crippen molar-refractivity contribution in [2.45, 2.75) is 12.3 Å². The predicted octanol–water partition coefficient (Wildman–Crippen LogP) is 11.7. The van der Waals surface area contributed by atoms with E-state index in [9.17, 15) is 0 Å². The Labute approximate surface area is 288 Å². The molecular weight excluding hydrogens is 615 g/mol. The minimum absolute atomic E-state index is 0.206. The van der Waals surface area contributed by atoms with E-state index in [-0.39, 0.29) is 5.92 Å². The lowest BCUT2D eigenvalue weighted by Crippen LogP contribution is -2.13. The van der Waals surface area contributed by atoms with Gasteiger partial charge in [0, 0.05) is 42.8 Å². The van der Waals surface area contributed by atoms with E-state index in [0.29, 0.717) is 17.5 Å². The lowest BCUT2D eigenvalue weighted by atomic mass is 9.73. The highest BCUT2D eigenvalue weighted by molar-refractivity contribution is 7.26. The quantitative estimate of drug-likeness (QED) is 0.192. The van der Waals surface area contributed by atoms with Crippen LogP contribution in [0.3, 0.4) is 0 Å². The maximum atomic E-state index is 4.99. The molecule has 0 fully saturated rings. The molecule has 0 saturated carbocycles. The van der Waals surface area contributed by atoms with E-state index in [2.05, 4.69) is 97.1 Å². The molecule has 0 radical (unpaired) electrons. The maximum absolute atomic E-state index is 4.99. The van der Waals surface area contributed by atoms with Gasteiger partial charge in [-0.15, -0.1) is 11.3 Å². The van der Waals surface area contributed by atoms with Crippen LogP contribution < -0.4 is 0 Å². The second kappa shape index (κ2) is 11.3. The summed E-state index contributed by atoms with van der Waals surface area (Å²) in [7, 11) is 0. The predicted molar refractivity (Wildman–Crippen MR) is 204 cm³/mol. The minimum atomic E-state index is 0.206. The van der Waals surface area contributed by atoms with Crippen LogP contribution in [0.4, 0.5) is 0 Å². The van der Waals surface area contributed by atoms with E-state index in [1.54, 1.807) is 0 Å². The molecule has 1 aliphatic carbocycles. The second-order valence-corrected chi connectivity index (χ2v) is 13.8. The summed E-state index contributed by atoms with van der Waals surface area (Å²) in [6, 6.07) is 56.1. The third-order valence-electron chi connectivity index (χ3n) is 9.91. The van der Waals surface area contributed by atoms with E-state index >= 15 is 0 Å². The van der Waals surface area contributed by atoms with Crippen LogP contribution in [0.5, 0.6) is 0 Å². The van der Waals surface area contributed by atoms with Crippen LogP contribution in [0.15, 0.2) is 158 Å². The van der Waals surface area contributed by atoms with Gasteiger partial charge in [-0.1, -0.05) is 152 Å². The molecule has 0 spiro atoms. The van der Waals surface area contributed by atoms with E-state index in [1.807, 2.05) is 72.0 Å². The third-order valence-corrected chi connectivity index (χ3v) is 11.1. The molecule has 9 aromatic rings. The van der Waals surface area contributed by atoms with Crippen molar-refractivity contribution in [1.29, 1.82) is 0 Å². The number of thiophene rings is 1. The van der Waals surface area contributed by atoms with Gasteiger partial charge < -0.3 is 0 Å². The van der Waals surface area contributed by atoms with Crippen molar-refractivity contribution in [2.24, 2.45) is 0 Å². The zero-order valence-electron chi connectivity index (χ0n) is 26.5. The second-order valence-electron chi connectivity index (χ2n) is 12.7. The van der Waals surface area contributed by atoms with Gasteiger partial charge in [0.25, 0.3) is 0 Å². The van der Waals surface area contributed by atoms with Crippen molar-refractivity contribution in [3.63, 3.8) is 0 Å². The van der Waals surface area contributed by atoms with Gasteiger partial charge in [-0.05, 0) is 51.1 Å². The number of nitrogens with zero attached hydrogens (tertiary/aromatic N) is 3. The number of rotatable bonds is 4. The number of hydrogen-bond donors (Lipinski definition) is 0. The first-order valence-corrected chi connectivity index (χ1v) is 17.5. The zero-order valence-corrected chi connectivity index (χ0v) is 27.4.